The fraction of sp³-hybridized carbons (Fsp3) is 0.0870. The Morgan fingerprint density at radius 3 is 2.52 bits per heavy atom. The Morgan fingerprint density at radius 1 is 1.10 bits per heavy atom. The van der Waals surface area contributed by atoms with Crippen LogP contribution in [0.1, 0.15) is 10.4 Å². The van der Waals surface area contributed by atoms with Crippen LogP contribution >= 0.6 is 11.6 Å². The van der Waals surface area contributed by atoms with Crippen molar-refractivity contribution in [3.8, 4) is 5.75 Å². The molecule has 3 aromatic rings. The van der Waals surface area contributed by atoms with Crippen LogP contribution in [0, 0.1) is 0 Å². The van der Waals surface area contributed by atoms with Crippen LogP contribution in [0.5, 0.6) is 5.75 Å². The summed E-state index contributed by atoms with van der Waals surface area (Å²) in [7, 11) is -2.45. The molecule has 0 aromatic heterocycles. The van der Waals surface area contributed by atoms with Gasteiger partial charge in [-0.3, -0.25) is 9.10 Å². The Morgan fingerprint density at radius 2 is 1.84 bits per heavy atom. The van der Waals surface area contributed by atoms with Gasteiger partial charge in [-0.2, -0.15) is 0 Å². The number of benzene rings is 3. The molecule has 0 aliphatic carbocycles. The highest BCUT2D eigenvalue weighted by atomic mass is 35.5. The maximum Gasteiger partial charge on any atom is 0.264 e. The largest absolute Gasteiger partial charge is 0.497 e. The van der Waals surface area contributed by atoms with Crippen LogP contribution in [0.3, 0.4) is 0 Å². The summed E-state index contributed by atoms with van der Waals surface area (Å²) in [4.78, 5) is 12.8. The molecule has 1 amide bonds. The fourth-order valence-corrected chi connectivity index (χ4v) is 4.58. The number of carbonyl (C=O) groups is 1. The summed E-state index contributed by atoms with van der Waals surface area (Å²) in [6.45, 7) is 3.72. The van der Waals surface area contributed by atoms with Gasteiger partial charge in [0.15, 0.2) is 0 Å². The van der Waals surface area contributed by atoms with Crippen molar-refractivity contribution in [1.29, 1.82) is 0 Å². The van der Waals surface area contributed by atoms with Crippen molar-refractivity contribution in [1.82, 2.24) is 0 Å². The minimum absolute atomic E-state index is 0.0391. The van der Waals surface area contributed by atoms with E-state index in [1.54, 1.807) is 54.6 Å². The van der Waals surface area contributed by atoms with E-state index in [1.807, 2.05) is 0 Å². The predicted octanol–water partition coefficient (Wildman–Crippen LogP) is 4.98. The monoisotopic (exact) mass is 456 g/mol. The van der Waals surface area contributed by atoms with Crippen molar-refractivity contribution >= 4 is 38.9 Å². The first-order chi connectivity index (χ1) is 14.9. The molecule has 0 aliphatic rings. The number of hydrogen-bond donors (Lipinski definition) is 1. The molecule has 0 bridgehead atoms. The number of carbonyl (C=O) groups excluding carboxylic acids is 1. The first-order valence-corrected chi connectivity index (χ1v) is 11.1. The summed E-state index contributed by atoms with van der Waals surface area (Å²) in [5.41, 5.74) is 1.02. The lowest BCUT2D eigenvalue weighted by Crippen LogP contribution is -2.31. The number of hydrogen-bond acceptors (Lipinski definition) is 4. The van der Waals surface area contributed by atoms with E-state index in [2.05, 4.69) is 11.9 Å². The zero-order valence-corrected chi connectivity index (χ0v) is 18.4. The Labute approximate surface area is 186 Å². The van der Waals surface area contributed by atoms with Gasteiger partial charge in [0, 0.05) is 11.8 Å². The third-order valence-electron chi connectivity index (χ3n) is 4.44. The Hall–Kier alpha value is -3.29. The van der Waals surface area contributed by atoms with Crippen LogP contribution in [0.15, 0.2) is 90.3 Å². The minimum atomic E-state index is -3.97. The molecule has 0 spiro atoms. The number of rotatable bonds is 8. The third kappa shape index (κ3) is 5.07. The number of para-hydroxylation sites is 1. The van der Waals surface area contributed by atoms with E-state index >= 15 is 0 Å². The summed E-state index contributed by atoms with van der Waals surface area (Å²) in [5.74, 6) is 0.0356. The molecule has 0 saturated carbocycles. The zero-order valence-electron chi connectivity index (χ0n) is 16.8. The summed E-state index contributed by atoms with van der Waals surface area (Å²) in [6.07, 6.45) is 1.50. The Bertz CT molecular complexity index is 1200. The summed E-state index contributed by atoms with van der Waals surface area (Å²) in [5, 5.41) is 2.84. The molecule has 0 fully saturated rings. The zero-order chi connectivity index (χ0) is 22.4. The highest BCUT2D eigenvalue weighted by molar-refractivity contribution is 7.92. The van der Waals surface area contributed by atoms with Crippen molar-refractivity contribution < 1.29 is 17.9 Å². The van der Waals surface area contributed by atoms with Gasteiger partial charge in [0.1, 0.15) is 5.75 Å². The number of halogens is 1. The number of amides is 1. The molecule has 0 aliphatic heterocycles. The van der Waals surface area contributed by atoms with E-state index in [9.17, 15) is 13.2 Å². The molecule has 31 heavy (non-hydrogen) atoms. The topological polar surface area (TPSA) is 75.7 Å². The summed E-state index contributed by atoms with van der Waals surface area (Å²) < 4.78 is 33.0. The Kier molecular flexibility index (Phi) is 6.99. The van der Waals surface area contributed by atoms with E-state index in [0.717, 1.165) is 0 Å². The molecule has 3 rings (SSSR count). The van der Waals surface area contributed by atoms with E-state index in [1.165, 1.54) is 35.7 Å². The smallest absolute Gasteiger partial charge is 0.264 e. The average Bonchev–Trinajstić information content (AvgIpc) is 2.78. The lowest BCUT2D eigenvalue weighted by molar-refractivity contribution is 0.102. The van der Waals surface area contributed by atoms with E-state index in [0.29, 0.717) is 17.1 Å². The minimum Gasteiger partial charge on any atom is -0.497 e. The molecule has 160 valence electrons. The number of sulfonamides is 1. The molecule has 0 atom stereocenters. The molecule has 0 unspecified atom stereocenters. The van der Waals surface area contributed by atoms with Gasteiger partial charge in [-0.1, -0.05) is 41.9 Å². The highest BCUT2D eigenvalue weighted by Crippen LogP contribution is 2.27. The molecule has 8 heteroatoms. The number of nitrogens with one attached hydrogen (secondary N) is 1. The van der Waals surface area contributed by atoms with Crippen LogP contribution < -0.4 is 14.4 Å². The predicted molar refractivity (Wildman–Crippen MR) is 124 cm³/mol. The van der Waals surface area contributed by atoms with Crippen LogP contribution in [-0.2, 0) is 10.0 Å². The first kappa shape index (κ1) is 22.4. The van der Waals surface area contributed by atoms with Crippen LogP contribution in [-0.4, -0.2) is 28.0 Å². The number of ether oxygens (including phenoxy) is 1. The van der Waals surface area contributed by atoms with Gasteiger partial charge in [-0.05, 0) is 42.5 Å². The second-order valence-corrected chi connectivity index (χ2v) is 8.76. The lowest BCUT2D eigenvalue weighted by atomic mass is 10.2. The van der Waals surface area contributed by atoms with Gasteiger partial charge in [0.05, 0.1) is 34.8 Å². The maximum absolute atomic E-state index is 13.3. The fourth-order valence-electron chi connectivity index (χ4n) is 2.92. The normalized spacial score (nSPS) is 10.9. The van der Waals surface area contributed by atoms with Gasteiger partial charge in [-0.15, -0.1) is 6.58 Å². The molecule has 0 radical (unpaired) electrons. The second-order valence-electron chi connectivity index (χ2n) is 6.49. The highest BCUT2D eigenvalue weighted by Gasteiger charge is 2.26. The Balaban J connectivity index is 1.96. The summed E-state index contributed by atoms with van der Waals surface area (Å²) in [6, 6.07) is 19.5. The van der Waals surface area contributed by atoms with Crippen molar-refractivity contribution in [2.24, 2.45) is 0 Å². The molecule has 6 nitrogen and oxygen atoms in total. The van der Waals surface area contributed by atoms with Crippen molar-refractivity contribution in [3.63, 3.8) is 0 Å². The maximum atomic E-state index is 13.3. The van der Waals surface area contributed by atoms with Gasteiger partial charge >= 0.3 is 0 Å². The molecular formula is C23H21ClN2O4S. The van der Waals surface area contributed by atoms with E-state index in [4.69, 9.17) is 16.3 Å². The summed E-state index contributed by atoms with van der Waals surface area (Å²) >= 11 is 6.21. The SMILES string of the molecule is C=CCN(c1ccccc1)S(=O)(=O)c1ccc(Cl)c(C(=O)Nc2cccc(OC)c2)c1. The van der Waals surface area contributed by atoms with Crippen molar-refractivity contribution in [2.45, 2.75) is 4.90 Å². The molecular weight excluding hydrogens is 436 g/mol. The second kappa shape index (κ2) is 9.68. The molecule has 3 aromatic carbocycles. The number of methoxy groups -OCH3 is 1. The van der Waals surface area contributed by atoms with Gasteiger partial charge in [0.25, 0.3) is 15.9 Å². The lowest BCUT2D eigenvalue weighted by Gasteiger charge is -2.23. The quantitative estimate of drug-likeness (QED) is 0.485. The van der Waals surface area contributed by atoms with Gasteiger partial charge < -0.3 is 10.1 Å². The standard InChI is InChI=1S/C23H21ClN2O4S/c1-3-14-26(18-9-5-4-6-10-18)31(28,29)20-12-13-22(24)21(16-20)23(27)25-17-8-7-11-19(15-17)30-2/h3-13,15-16H,1,14H2,2H3,(H,25,27). The van der Waals surface area contributed by atoms with Crippen LogP contribution in [0.25, 0.3) is 0 Å². The molecule has 0 heterocycles. The third-order valence-corrected chi connectivity index (χ3v) is 6.56. The van der Waals surface area contributed by atoms with Gasteiger partial charge in [-0.25, -0.2) is 8.42 Å². The van der Waals surface area contributed by atoms with E-state index < -0.39 is 15.9 Å². The average molecular weight is 457 g/mol. The van der Waals surface area contributed by atoms with Crippen molar-refractivity contribution in [3.05, 3.63) is 96.0 Å². The van der Waals surface area contributed by atoms with E-state index in [-0.39, 0.29) is 22.0 Å². The van der Waals surface area contributed by atoms with Gasteiger partial charge in [0.2, 0.25) is 0 Å². The van der Waals surface area contributed by atoms with Crippen LogP contribution in [0.2, 0.25) is 5.02 Å². The molecule has 0 saturated heterocycles. The van der Waals surface area contributed by atoms with Crippen molar-refractivity contribution in [2.75, 3.05) is 23.3 Å². The number of nitrogens with zero attached hydrogens (tertiary/aromatic N) is 1. The van der Waals surface area contributed by atoms with Crippen LogP contribution in [0.4, 0.5) is 11.4 Å². The number of anilines is 2. The molecule has 1 N–H and O–H groups in total. The first-order valence-electron chi connectivity index (χ1n) is 9.30.